The minimum atomic E-state index is -2.84. The number of aryl methyl sites for hydroxylation is 1. The largest absolute Gasteiger partial charge is 0.435 e. The van der Waals surface area contributed by atoms with Crippen LogP contribution in [0, 0.1) is 0 Å². The predicted molar refractivity (Wildman–Crippen MR) is 62.8 cm³/mol. The average Bonchev–Trinajstić information content (AvgIpc) is 2.87. The zero-order valence-corrected chi connectivity index (χ0v) is 10.2. The molecule has 0 spiro atoms. The van der Waals surface area contributed by atoms with Crippen LogP contribution < -0.4 is 10.5 Å². The Morgan fingerprint density at radius 2 is 2.00 bits per heavy atom. The van der Waals surface area contributed by atoms with Gasteiger partial charge in [0.25, 0.3) is 0 Å². The molecule has 0 bridgehead atoms. The van der Waals surface area contributed by atoms with Crippen LogP contribution in [0.15, 0.2) is 28.8 Å². The number of halogens is 2. The molecule has 1 unspecified atom stereocenters. The number of alkyl halides is 2. The first-order valence-electron chi connectivity index (χ1n) is 5.73. The third-order valence-electron chi connectivity index (χ3n) is 2.53. The highest BCUT2D eigenvalue weighted by atomic mass is 19.3. The van der Waals surface area contributed by atoms with Gasteiger partial charge in [0.05, 0.1) is 6.04 Å². The number of nitrogens with zero attached hydrogens (tertiary/aromatic N) is 2. The van der Waals surface area contributed by atoms with Crippen molar-refractivity contribution in [2.45, 2.75) is 26.0 Å². The molecular weight excluding hydrogens is 256 g/mol. The third-order valence-corrected chi connectivity index (χ3v) is 2.53. The van der Waals surface area contributed by atoms with Gasteiger partial charge in [-0.2, -0.15) is 13.8 Å². The molecule has 2 rings (SSSR count). The monoisotopic (exact) mass is 269 g/mol. The van der Waals surface area contributed by atoms with E-state index in [0.717, 1.165) is 0 Å². The van der Waals surface area contributed by atoms with Crippen molar-refractivity contribution in [3.8, 4) is 5.75 Å². The Labute approximate surface area is 108 Å². The summed E-state index contributed by atoms with van der Waals surface area (Å²) in [6.07, 6.45) is 0.626. The molecule has 102 valence electrons. The molecule has 0 radical (unpaired) electrons. The Morgan fingerprint density at radius 1 is 1.32 bits per heavy atom. The summed E-state index contributed by atoms with van der Waals surface area (Å²) >= 11 is 0. The van der Waals surface area contributed by atoms with Gasteiger partial charge in [-0.25, -0.2) is 0 Å². The zero-order valence-electron chi connectivity index (χ0n) is 10.2. The van der Waals surface area contributed by atoms with Crippen molar-refractivity contribution in [2.75, 3.05) is 0 Å². The van der Waals surface area contributed by atoms with Crippen molar-refractivity contribution in [3.05, 3.63) is 41.5 Å². The minimum Gasteiger partial charge on any atom is -0.435 e. The number of nitrogens with two attached hydrogens (primary N) is 1. The Kier molecular flexibility index (Phi) is 4.06. The number of ether oxygens (including phenoxy) is 1. The number of hydrogen-bond acceptors (Lipinski definition) is 5. The van der Waals surface area contributed by atoms with E-state index in [2.05, 4.69) is 14.9 Å². The quantitative estimate of drug-likeness (QED) is 0.901. The van der Waals surface area contributed by atoms with Crippen molar-refractivity contribution in [1.29, 1.82) is 0 Å². The van der Waals surface area contributed by atoms with Crippen LogP contribution in [0.1, 0.15) is 30.2 Å². The second-order valence-corrected chi connectivity index (χ2v) is 3.83. The van der Waals surface area contributed by atoms with Crippen LogP contribution in [0.25, 0.3) is 0 Å². The molecule has 5 nitrogen and oxygen atoms in total. The van der Waals surface area contributed by atoms with Gasteiger partial charge in [-0.15, -0.1) is 0 Å². The van der Waals surface area contributed by atoms with Crippen molar-refractivity contribution < 1.29 is 18.0 Å². The fraction of sp³-hybridized carbons (Fsp3) is 0.333. The molecule has 7 heteroatoms. The van der Waals surface area contributed by atoms with Crippen LogP contribution >= 0.6 is 0 Å². The van der Waals surface area contributed by atoms with E-state index in [0.29, 0.717) is 23.7 Å². The highest BCUT2D eigenvalue weighted by Crippen LogP contribution is 2.21. The summed E-state index contributed by atoms with van der Waals surface area (Å²) in [4.78, 5) is 4.12. The van der Waals surface area contributed by atoms with E-state index in [-0.39, 0.29) is 5.75 Å². The predicted octanol–water partition coefficient (Wildman–Crippen LogP) is 2.28. The van der Waals surface area contributed by atoms with Crippen LogP contribution in [0.2, 0.25) is 0 Å². The van der Waals surface area contributed by atoms with Crippen molar-refractivity contribution in [1.82, 2.24) is 10.1 Å². The van der Waals surface area contributed by atoms with Crippen molar-refractivity contribution in [3.63, 3.8) is 0 Å². The first-order chi connectivity index (χ1) is 9.10. The summed E-state index contributed by atoms with van der Waals surface area (Å²) in [5, 5.41) is 3.77. The average molecular weight is 269 g/mol. The number of aromatic nitrogens is 2. The molecule has 0 aliphatic rings. The van der Waals surface area contributed by atoms with E-state index in [1.165, 1.54) is 12.1 Å². The van der Waals surface area contributed by atoms with E-state index in [1.807, 2.05) is 6.92 Å². The summed E-state index contributed by atoms with van der Waals surface area (Å²) in [6, 6.07) is 5.45. The number of hydrogen-bond donors (Lipinski definition) is 1. The van der Waals surface area contributed by atoms with E-state index in [9.17, 15) is 8.78 Å². The summed E-state index contributed by atoms with van der Waals surface area (Å²) in [6.45, 7) is -0.955. The summed E-state index contributed by atoms with van der Waals surface area (Å²) < 4.78 is 33.2. The fourth-order valence-electron chi connectivity index (χ4n) is 1.54. The van der Waals surface area contributed by atoms with Crippen LogP contribution in [0.4, 0.5) is 8.78 Å². The molecule has 1 aromatic heterocycles. The summed E-state index contributed by atoms with van der Waals surface area (Å²) in [5.41, 5.74) is 6.65. The summed E-state index contributed by atoms with van der Waals surface area (Å²) in [7, 11) is 0. The Morgan fingerprint density at radius 3 is 2.53 bits per heavy atom. The molecule has 2 N–H and O–H groups in total. The second-order valence-electron chi connectivity index (χ2n) is 3.83. The molecule has 1 aromatic carbocycles. The van der Waals surface area contributed by atoms with Gasteiger partial charge in [0.15, 0.2) is 5.82 Å². The van der Waals surface area contributed by atoms with Gasteiger partial charge in [0, 0.05) is 6.42 Å². The minimum absolute atomic E-state index is 0.0771. The second kappa shape index (κ2) is 5.75. The lowest BCUT2D eigenvalue weighted by atomic mass is 10.1. The van der Waals surface area contributed by atoms with E-state index in [4.69, 9.17) is 10.3 Å². The third kappa shape index (κ3) is 3.25. The van der Waals surface area contributed by atoms with Crippen LogP contribution in [0.5, 0.6) is 5.75 Å². The van der Waals surface area contributed by atoms with Crippen LogP contribution in [-0.2, 0) is 6.42 Å². The zero-order chi connectivity index (χ0) is 13.8. The smallest absolute Gasteiger partial charge is 0.387 e. The van der Waals surface area contributed by atoms with Gasteiger partial charge in [-0.05, 0) is 17.7 Å². The van der Waals surface area contributed by atoms with Gasteiger partial charge in [0.1, 0.15) is 5.75 Å². The van der Waals surface area contributed by atoms with E-state index < -0.39 is 12.7 Å². The standard InChI is InChI=1S/C12H13F2N3O2/c1-2-9-16-11(17-19-9)10(15)7-3-5-8(6-4-7)18-12(13)14/h3-6,10,12H,2,15H2,1H3. The van der Waals surface area contributed by atoms with Crippen molar-refractivity contribution in [2.24, 2.45) is 5.73 Å². The van der Waals surface area contributed by atoms with Gasteiger partial charge in [-0.1, -0.05) is 24.2 Å². The maximum absolute atomic E-state index is 12.0. The van der Waals surface area contributed by atoms with Gasteiger partial charge in [0.2, 0.25) is 5.89 Å². The Bertz CT molecular complexity index is 528. The highest BCUT2D eigenvalue weighted by molar-refractivity contribution is 5.31. The Balaban J connectivity index is 2.12. The molecule has 0 aliphatic carbocycles. The van der Waals surface area contributed by atoms with E-state index >= 15 is 0 Å². The van der Waals surface area contributed by atoms with Crippen molar-refractivity contribution >= 4 is 0 Å². The molecule has 0 fully saturated rings. The molecule has 2 aromatic rings. The maximum atomic E-state index is 12.0. The summed E-state index contributed by atoms with van der Waals surface area (Å²) in [5.74, 6) is 0.941. The fourth-order valence-corrected chi connectivity index (χ4v) is 1.54. The lowest BCUT2D eigenvalue weighted by Crippen LogP contribution is -2.13. The molecule has 1 atom stereocenters. The number of benzene rings is 1. The maximum Gasteiger partial charge on any atom is 0.387 e. The number of rotatable bonds is 5. The van der Waals surface area contributed by atoms with Gasteiger partial charge < -0.3 is 15.0 Å². The topological polar surface area (TPSA) is 74.2 Å². The van der Waals surface area contributed by atoms with Crippen LogP contribution in [0.3, 0.4) is 0 Å². The normalized spacial score (nSPS) is 12.7. The lowest BCUT2D eigenvalue weighted by Gasteiger charge is -2.09. The first kappa shape index (κ1) is 13.4. The molecule has 0 saturated heterocycles. The van der Waals surface area contributed by atoms with Gasteiger partial charge >= 0.3 is 6.61 Å². The van der Waals surface area contributed by atoms with Gasteiger partial charge in [-0.3, -0.25) is 0 Å². The molecule has 0 saturated carbocycles. The molecular formula is C12H13F2N3O2. The molecule has 0 aliphatic heterocycles. The SMILES string of the molecule is CCc1nc(C(N)c2ccc(OC(F)F)cc2)no1. The first-order valence-corrected chi connectivity index (χ1v) is 5.73. The molecule has 0 amide bonds. The highest BCUT2D eigenvalue weighted by Gasteiger charge is 2.16. The van der Waals surface area contributed by atoms with E-state index in [1.54, 1.807) is 12.1 Å². The Hall–Kier alpha value is -2.02. The van der Waals surface area contributed by atoms with Crippen LogP contribution in [-0.4, -0.2) is 16.8 Å². The molecule has 19 heavy (non-hydrogen) atoms. The lowest BCUT2D eigenvalue weighted by molar-refractivity contribution is -0.0498. The molecule has 1 heterocycles.